The predicted molar refractivity (Wildman–Crippen MR) is 90.9 cm³/mol. The molecule has 0 spiro atoms. The number of benzene rings is 2. The van der Waals surface area contributed by atoms with Gasteiger partial charge in [0.1, 0.15) is 0 Å². The molecule has 0 N–H and O–H groups in total. The highest BCUT2D eigenvalue weighted by molar-refractivity contribution is 5.80. The molecule has 1 heteroatoms. The Hall–Kier alpha value is -2.41. The van der Waals surface area contributed by atoms with Crippen molar-refractivity contribution >= 4 is 0 Å². The zero-order valence-electron chi connectivity index (χ0n) is 13.0. The molecule has 3 aromatic rings. The van der Waals surface area contributed by atoms with E-state index in [2.05, 4.69) is 68.4 Å². The van der Waals surface area contributed by atoms with E-state index in [1.54, 1.807) is 0 Å². The molecule has 0 saturated heterocycles. The summed E-state index contributed by atoms with van der Waals surface area (Å²) in [4.78, 5) is 0. The van der Waals surface area contributed by atoms with Crippen LogP contribution < -0.4 is 0 Å². The van der Waals surface area contributed by atoms with Gasteiger partial charge < -0.3 is 0 Å². The van der Waals surface area contributed by atoms with Crippen molar-refractivity contribution < 1.29 is 4.42 Å². The van der Waals surface area contributed by atoms with Crippen molar-refractivity contribution in [2.75, 3.05) is 0 Å². The van der Waals surface area contributed by atoms with Crippen molar-refractivity contribution in [1.29, 1.82) is 0 Å². The fraction of sp³-hybridized carbons (Fsp3) is 0.190. The van der Waals surface area contributed by atoms with E-state index in [1.807, 2.05) is 0 Å². The molecular weight excluding hydrogens is 268 g/mol. The van der Waals surface area contributed by atoms with Crippen LogP contribution in [0.4, 0.5) is 0 Å². The van der Waals surface area contributed by atoms with Crippen molar-refractivity contribution in [3.63, 3.8) is 0 Å². The number of fused-ring (bicyclic) bond motifs is 3. The van der Waals surface area contributed by atoms with Gasteiger partial charge in [0, 0.05) is 5.56 Å². The summed E-state index contributed by atoms with van der Waals surface area (Å²) in [6.45, 7) is 4.24. The third-order valence-corrected chi connectivity index (χ3v) is 4.70. The molecule has 1 aliphatic carbocycles. The molecule has 0 unspecified atom stereocenters. The summed E-state index contributed by atoms with van der Waals surface area (Å²) in [5.74, 6) is 2.07. The van der Waals surface area contributed by atoms with Gasteiger partial charge in [0.2, 0.25) is 0 Å². The lowest BCUT2D eigenvalue weighted by Gasteiger charge is -2.17. The lowest BCUT2D eigenvalue weighted by Crippen LogP contribution is -2.07. The van der Waals surface area contributed by atoms with Gasteiger partial charge in [-0.25, -0.2) is 4.42 Å². The van der Waals surface area contributed by atoms with Crippen molar-refractivity contribution in [2.24, 2.45) is 0 Å². The second-order valence-electron chi connectivity index (χ2n) is 5.99. The maximum atomic E-state index is 6.22. The first kappa shape index (κ1) is 13.3. The molecule has 0 amide bonds. The molecule has 0 atom stereocenters. The summed E-state index contributed by atoms with van der Waals surface area (Å²) in [7, 11) is 0. The lowest BCUT2D eigenvalue weighted by atomic mass is 9.84. The molecule has 1 nitrogen and oxygen atoms in total. The highest BCUT2D eigenvalue weighted by atomic mass is 16.3. The summed E-state index contributed by atoms with van der Waals surface area (Å²) in [5.41, 5.74) is 7.89. The second-order valence-corrected chi connectivity index (χ2v) is 5.99. The van der Waals surface area contributed by atoms with E-state index in [0.717, 1.165) is 24.4 Å². The lowest BCUT2D eigenvalue weighted by molar-refractivity contribution is 0.516. The number of hydrogen-bond acceptors (Lipinski definition) is 0. The third-order valence-electron chi connectivity index (χ3n) is 4.70. The summed E-state index contributed by atoms with van der Waals surface area (Å²) >= 11 is 0. The van der Waals surface area contributed by atoms with Gasteiger partial charge >= 0.3 is 11.5 Å². The first-order chi connectivity index (χ1) is 10.8. The molecule has 0 aliphatic heterocycles. The quantitative estimate of drug-likeness (QED) is 0.529. The molecule has 1 aliphatic rings. The molecule has 1 aromatic heterocycles. The van der Waals surface area contributed by atoms with Crippen molar-refractivity contribution in [1.82, 2.24) is 0 Å². The highest BCUT2D eigenvalue weighted by Crippen LogP contribution is 2.41. The van der Waals surface area contributed by atoms with E-state index in [1.165, 1.54) is 33.4 Å². The predicted octanol–water partition coefficient (Wildman–Crippen LogP) is 5.61. The zero-order valence-corrected chi connectivity index (χ0v) is 13.0. The molecule has 108 valence electrons. The normalized spacial score (nSPS) is 12.6. The fourth-order valence-corrected chi connectivity index (χ4v) is 3.48. The summed E-state index contributed by atoms with van der Waals surface area (Å²) < 4.78 is 6.22. The Bertz CT molecular complexity index is 847. The summed E-state index contributed by atoms with van der Waals surface area (Å²) in [6.07, 6.45) is 2.13. The fourth-order valence-electron chi connectivity index (χ4n) is 3.48. The third kappa shape index (κ3) is 1.97. The average Bonchev–Trinajstić information content (AvgIpc) is 2.57. The smallest absolute Gasteiger partial charge is 0.212 e. The van der Waals surface area contributed by atoms with Crippen LogP contribution in [0.3, 0.4) is 0 Å². The molecule has 0 bridgehead atoms. The highest BCUT2D eigenvalue weighted by Gasteiger charge is 2.32. The Balaban J connectivity index is 2.05. The van der Waals surface area contributed by atoms with E-state index in [4.69, 9.17) is 4.42 Å². The Labute approximate surface area is 131 Å². The molecule has 0 fully saturated rings. The molecule has 4 rings (SSSR count). The van der Waals surface area contributed by atoms with E-state index >= 15 is 0 Å². The van der Waals surface area contributed by atoms with E-state index in [0.29, 0.717) is 0 Å². The van der Waals surface area contributed by atoms with Gasteiger partial charge in [-0.1, -0.05) is 48.5 Å². The SMILES string of the molecule is Cc1[o+]c2c(c(-c3ccccc3)c1C)CCc1ccccc1-2. The van der Waals surface area contributed by atoms with Crippen molar-refractivity contribution in [3.8, 4) is 22.5 Å². The molecule has 2 aromatic carbocycles. The van der Waals surface area contributed by atoms with Gasteiger partial charge in [0.15, 0.2) is 0 Å². The van der Waals surface area contributed by atoms with Crippen LogP contribution in [0.5, 0.6) is 0 Å². The number of rotatable bonds is 1. The molecule has 22 heavy (non-hydrogen) atoms. The minimum absolute atomic E-state index is 1.01. The Morgan fingerprint density at radius 3 is 2.36 bits per heavy atom. The number of aryl methyl sites for hydroxylation is 2. The van der Waals surface area contributed by atoms with E-state index in [-0.39, 0.29) is 0 Å². The van der Waals surface area contributed by atoms with Gasteiger partial charge in [-0.2, -0.15) is 0 Å². The topological polar surface area (TPSA) is 11.3 Å². The summed E-state index contributed by atoms with van der Waals surface area (Å²) in [6, 6.07) is 19.3. The van der Waals surface area contributed by atoms with E-state index < -0.39 is 0 Å². The molecule has 0 saturated carbocycles. The van der Waals surface area contributed by atoms with Crippen LogP contribution in [0.25, 0.3) is 22.5 Å². The zero-order chi connectivity index (χ0) is 15.1. The van der Waals surface area contributed by atoms with Gasteiger partial charge in [0.25, 0.3) is 0 Å². The van der Waals surface area contributed by atoms with Crippen LogP contribution in [0.15, 0.2) is 59.0 Å². The van der Waals surface area contributed by atoms with Crippen LogP contribution in [0, 0.1) is 13.8 Å². The monoisotopic (exact) mass is 287 g/mol. The molecule has 1 heterocycles. The van der Waals surface area contributed by atoms with Gasteiger partial charge in [-0.05, 0) is 37.0 Å². The second kappa shape index (κ2) is 5.10. The minimum atomic E-state index is 1.01. The van der Waals surface area contributed by atoms with Crippen molar-refractivity contribution in [3.05, 3.63) is 77.0 Å². The van der Waals surface area contributed by atoms with Crippen LogP contribution in [-0.2, 0) is 12.8 Å². The average molecular weight is 287 g/mol. The largest absolute Gasteiger partial charge is 0.364 e. The van der Waals surface area contributed by atoms with Gasteiger partial charge in [-0.15, -0.1) is 0 Å². The first-order valence-corrected chi connectivity index (χ1v) is 7.85. The number of hydrogen-bond donors (Lipinski definition) is 0. The maximum absolute atomic E-state index is 6.22. The van der Waals surface area contributed by atoms with Crippen LogP contribution in [-0.4, -0.2) is 0 Å². The Kier molecular flexibility index (Phi) is 3.07. The maximum Gasteiger partial charge on any atom is 0.364 e. The Morgan fingerprint density at radius 2 is 1.55 bits per heavy atom. The van der Waals surface area contributed by atoms with Crippen LogP contribution >= 0.6 is 0 Å². The van der Waals surface area contributed by atoms with Crippen LogP contribution in [0.1, 0.15) is 22.5 Å². The summed E-state index contributed by atoms with van der Waals surface area (Å²) in [5, 5.41) is 0. The van der Waals surface area contributed by atoms with Crippen LogP contribution in [0.2, 0.25) is 0 Å². The first-order valence-electron chi connectivity index (χ1n) is 7.85. The van der Waals surface area contributed by atoms with E-state index in [9.17, 15) is 0 Å². The van der Waals surface area contributed by atoms with Gasteiger partial charge in [-0.3, -0.25) is 0 Å². The standard InChI is InChI=1S/C21H19O/c1-14-15(2)22-21-18-11-7-6-8-16(18)12-13-19(21)20(14)17-9-4-3-5-10-17/h3-11H,12-13H2,1-2H3/q+1. The molecular formula is C21H19O+. The minimum Gasteiger partial charge on any atom is -0.212 e. The van der Waals surface area contributed by atoms with Gasteiger partial charge in [0.05, 0.1) is 23.6 Å². The van der Waals surface area contributed by atoms with Crippen molar-refractivity contribution in [2.45, 2.75) is 26.7 Å². The Morgan fingerprint density at radius 1 is 0.818 bits per heavy atom. The molecule has 0 radical (unpaired) electrons.